The summed E-state index contributed by atoms with van der Waals surface area (Å²) < 4.78 is 11.7. The Bertz CT molecular complexity index is 607. The van der Waals surface area contributed by atoms with Crippen LogP contribution in [0.15, 0.2) is 18.2 Å². The molecule has 0 aromatic heterocycles. The number of carbonyl (C=O) groups excluding carboxylic acids is 1. The van der Waals surface area contributed by atoms with Gasteiger partial charge in [-0.15, -0.1) is 0 Å². The van der Waals surface area contributed by atoms with Gasteiger partial charge in [-0.05, 0) is 32.8 Å². The van der Waals surface area contributed by atoms with Crippen molar-refractivity contribution < 1.29 is 19.4 Å². The quantitative estimate of drug-likeness (QED) is 0.871. The summed E-state index contributed by atoms with van der Waals surface area (Å²) in [5, 5.41) is 9.36. The number of hydrogen-bond acceptors (Lipinski definition) is 4. The summed E-state index contributed by atoms with van der Waals surface area (Å²) in [5.74, 6) is 1.29. The summed E-state index contributed by atoms with van der Waals surface area (Å²) in [4.78, 5) is 13.9. The summed E-state index contributed by atoms with van der Waals surface area (Å²) >= 11 is 0. The number of likely N-dealkylation sites (N-methyl/N-ethyl adjacent to an activating group) is 1. The summed E-state index contributed by atoms with van der Waals surface area (Å²) in [6.45, 7) is 4.79. The molecule has 1 saturated carbocycles. The number of para-hydroxylation sites is 1. The molecule has 2 aliphatic rings. The SMILES string of the molecule is CN(CC1(CO)CC1)C(=O)COc1cccc2c1OC(C)(C)C2. The second-order valence-corrected chi connectivity index (χ2v) is 7.48. The second-order valence-electron chi connectivity index (χ2n) is 7.48. The number of aliphatic hydroxyl groups is 1. The molecule has 1 aromatic carbocycles. The molecular formula is C18H25NO4. The topological polar surface area (TPSA) is 59.0 Å². The standard InChI is InChI=1S/C18H25NO4/c1-17(2)9-13-5-4-6-14(16(13)23-17)22-10-15(21)19(3)11-18(12-20)7-8-18/h4-6,20H,7-12H2,1-3H3. The number of nitrogens with zero attached hydrogens (tertiary/aromatic N) is 1. The van der Waals surface area contributed by atoms with Gasteiger partial charge in [0, 0.05) is 31.0 Å². The summed E-state index contributed by atoms with van der Waals surface area (Å²) in [6.07, 6.45) is 2.81. The lowest BCUT2D eigenvalue weighted by molar-refractivity contribution is -0.133. The Balaban J connectivity index is 1.59. The molecule has 1 heterocycles. The molecule has 0 saturated heterocycles. The van der Waals surface area contributed by atoms with Crippen LogP contribution in [0, 0.1) is 5.41 Å². The fourth-order valence-electron chi connectivity index (χ4n) is 3.08. The number of hydrogen-bond donors (Lipinski definition) is 1. The minimum absolute atomic E-state index is 0.0156. The van der Waals surface area contributed by atoms with Crippen LogP contribution in [0.4, 0.5) is 0 Å². The van der Waals surface area contributed by atoms with E-state index in [2.05, 4.69) is 0 Å². The molecule has 0 spiro atoms. The van der Waals surface area contributed by atoms with Gasteiger partial charge in [0.05, 0.1) is 6.61 Å². The maximum absolute atomic E-state index is 12.2. The van der Waals surface area contributed by atoms with Crippen LogP contribution in [-0.4, -0.2) is 48.3 Å². The zero-order valence-electron chi connectivity index (χ0n) is 14.1. The second kappa shape index (κ2) is 5.71. The number of amides is 1. The third kappa shape index (κ3) is 3.44. The van der Waals surface area contributed by atoms with Crippen LogP contribution < -0.4 is 9.47 Å². The molecule has 23 heavy (non-hydrogen) atoms. The van der Waals surface area contributed by atoms with E-state index in [1.807, 2.05) is 32.0 Å². The fraction of sp³-hybridized carbons (Fsp3) is 0.611. The van der Waals surface area contributed by atoms with Gasteiger partial charge >= 0.3 is 0 Å². The normalized spacial score (nSPS) is 19.7. The van der Waals surface area contributed by atoms with Gasteiger partial charge in [-0.3, -0.25) is 4.79 Å². The van der Waals surface area contributed by atoms with Gasteiger partial charge in [-0.1, -0.05) is 12.1 Å². The fourth-order valence-corrected chi connectivity index (χ4v) is 3.08. The zero-order valence-corrected chi connectivity index (χ0v) is 14.1. The Morgan fingerprint density at radius 3 is 2.78 bits per heavy atom. The smallest absolute Gasteiger partial charge is 0.260 e. The van der Waals surface area contributed by atoms with Gasteiger partial charge in [0.2, 0.25) is 0 Å². The Morgan fingerprint density at radius 1 is 1.39 bits per heavy atom. The number of rotatable bonds is 6. The lowest BCUT2D eigenvalue weighted by Gasteiger charge is -2.23. The lowest BCUT2D eigenvalue weighted by Crippen LogP contribution is -2.37. The van der Waals surface area contributed by atoms with E-state index in [9.17, 15) is 9.90 Å². The van der Waals surface area contributed by atoms with E-state index in [4.69, 9.17) is 9.47 Å². The Hall–Kier alpha value is -1.75. The Morgan fingerprint density at radius 2 is 2.13 bits per heavy atom. The van der Waals surface area contributed by atoms with Gasteiger partial charge in [0.15, 0.2) is 18.1 Å². The first-order valence-electron chi connectivity index (χ1n) is 8.13. The molecule has 3 rings (SSSR count). The number of carbonyl (C=O) groups is 1. The molecule has 1 aliphatic heterocycles. The molecule has 0 unspecified atom stereocenters. The molecule has 5 heteroatoms. The van der Waals surface area contributed by atoms with E-state index < -0.39 is 0 Å². The molecule has 0 bridgehead atoms. The lowest BCUT2D eigenvalue weighted by atomic mass is 10.0. The van der Waals surface area contributed by atoms with Gasteiger partial charge in [-0.2, -0.15) is 0 Å². The van der Waals surface area contributed by atoms with Crippen molar-refractivity contribution in [2.75, 3.05) is 26.8 Å². The first kappa shape index (κ1) is 16.1. The molecule has 1 aromatic rings. The zero-order chi connectivity index (χ0) is 16.7. The predicted octanol–water partition coefficient (Wildman–Crippen LogP) is 2.01. The highest BCUT2D eigenvalue weighted by Gasteiger charge is 2.43. The van der Waals surface area contributed by atoms with Gasteiger partial charge in [0.1, 0.15) is 5.60 Å². The van der Waals surface area contributed by atoms with Crippen LogP contribution in [0.2, 0.25) is 0 Å². The first-order valence-corrected chi connectivity index (χ1v) is 8.13. The van der Waals surface area contributed by atoms with Gasteiger partial charge in [-0.25, -0.2) is 0 Å². The molecule has 0 atom stereocenters. The highest BCUT2D eigenvalue weighted by Crippen LogP contribution is 2.45. The number of benzene rings is 1. The minimum atomic E-state index is -0.234. The van der Waals surface area contributed by atoms with E-state index >= 15 is 0 Å². The molecule has 1 amide bonds. The summed E-state index contributed by atoms with van der Waals surface area (Å²) in [5.41, 5.74) is 0.804. The van der Waals surface area contributed by atoms with E-state index in [-0.39, 0.29) is 30.1 Å². The van der Waals surface area contributed by atoms with Crippen molar-refractivity contribution in [3.8, 4) is 11.5 Å². The van der Waals surface area contributed by atoms with E-state index in [0.29, 0.717) is 12.3 Å². The van der Waals surface area contributed by atoms with E-state index in [1.54, 1.807) is 11.9 Å². The molecule has 5 nitrogen and oxygen atoms in total. The number of ether oxygens (including phenoxy) is 2. The average molecular weight is 319 g/mol. The van der Waals surface area contributed by atoms with Crippen molar-refractivity contribution >= 4 is 5.91 Å². The van der Waals surface area contributed by atoms with E-state index in [1.165, 1.54) is 0 Å². The molecule has 1 N–H and O–H groups in total. The Kier molecular flexibility index (Phi) is 4.00. The largest absolute Gasteiger partial charge is 0.483 e. The van der Waals surface area contributed by atoms with Crippen LogP contribution >= 0.6 is 0 Å². The maximum Gasteiger partial charge on any atom is 0.260 e. The van der Waals surface area contributed by atoms with Gasteiger partial charge in [0.25, 0.3) is 5.91 Å². The van der Waals surface area contributed by atoms with Crippen LogP contribution in [0.25, 0.3) is 0 Å². The molecule has 1 aliphatic carbocycles. The van der Waals surface area contributed by atoms with Crippen molar-refractivity contribution in [2.45, 2.75) is 38.7 Å². The van der Waals surface area contributed by atoms with Crippen LogP contribution in [0.5, 0.6) is 11.5 Å². The number of fused-ring (bicyclic) bond motifs is 1. The highest BCUT2D eigenvalue weighted by molar-refractivity contribution is 5.77. The van der Waals surface area contributed by atoms with Crippen LogP contribution in [-0.2, 0) is 11.2 Å². The summed E-state index contributed by atoms with van der Waals surface area (Å²) in [7, 11) is 1.76. The number of aliphatic hydroxyl groups excluding tert-OH is 1. The van der Waals surface area contributed by atoms with E-state index in [0.717, 1.165) is 30.6 Å². The predicted molar refractivity (Wildman–Crippen MR) is 86.7 cm³/mol. The monoisotopic (exact) mass is 319 g/mol. The third-order valence-corrected chi connectivity index (χ3v) is 4.70. The molecular weight excluding hydrogens is 294 g/mol. The molecule has 0 radical (unpaired) electrons. The van der Waals surface area contributed by atoms with Crippen molar-refractivity contribution in [3.63, 3.8) is 0 Å². The van der Waals surface area contributed by atoms with Crippen molar-refractivity contribution in [2.24, 2.45) is 5.41 Å². The van der Waals surface area contributed by atoms with Crippen LogP contribution in [0.3, 0.4) is 0 Å². The molecule has 1 fully saturated rings. The van der Waals surface area contributed by atoms with Crippen LogP contribution in [0.1, 0.15) is 32.3 Å². The highest BCUT2D eigenvalue weighted by atomic mass is 16.5. The third-order valence-electron chi connectivity index (χ3n) is 4.70. The minimum Gasteiger partial charge on any atom is -0.483 e. The molecule has 126 valence electrons. The summed E-state index contributed by atoms with van der Waals surface area (Å²) in [6, 6.07) is 5.80. The van der Waals surface area contributed by atoms with Crippen molar-refractivity contribution in [1.29, 1.82) is 0 Å². The van der Waals surface area contributed by atoms with Crippen molar-refractivity contribution in [3.05, 3.63) is 23.8 Å². The maximum atomic E-state index is 12.2. The Labute approximate surface area is 137 Å². The average Bonchev–Trinajstić information content (AvgIpc) is 3.19. The van der Waals surface area contributed by atoms with Gasteiger partial charge < -0.3 is 19.5 Å². The first-order chi connectivity index (χ1) is 10.8. The van der Waals surface area contributed by atoms with Crippen molar-refractivity contribution in [1.82, 2.24) is 4.90 Å².